The van der Waals surface area contributed by atoms with E-state index in [9.17, 15) is 18.3 Å². The highest BCUT2D eigenvalue weighted by Gasteiger charge is 2.35. The van der Waals surface area contributed by atoms with E-state index in [1.54, 1.807) is 17.1 Å². The number of benzene rings is 1. The molecule has 198 valence electrons. The Balaban J connectivity index is 1.39. The van der Waals surface area contributed by atoms with Gasteiger partial charge < -0.3 is 19.5 Å². The van der Waals surface area contributed by atoms with Crippen LogP contribution in [0.3, 0.4) is 0 Å². The number of alkyl halides is 3. The maximum Gasteiger partial charge on any atom is 0.416 e. The predicted octanol–water partition coefficient (Wildman–Crippen LogP) is 4.33. The Morgan fingerprint density at radius 3 is 2.42 bits per heavy atom. The molecule has 1 N–H and O–H groups in total. The molecule has 0 spiro atoms. The van der Waals surface area contributed by atoms with E-state index < -0.39 is 23.6 Å². The van der Waals surface area contributed by atoms with Gasteiger partial charge in [0.2, 0.25) is 0 Å². The van der Waals surface area contributed by atoms with Crippen LogP contribution in [-0.4, -0.2) is 85.3 Å². The molecular weight excluding hydrogens is 491 g/mol. The Morgan fingerprint density at radius 1 is 1.14 bits per heavy atom. The Hall–Kier alpha value is -1.82. The van der Waals surface area contributed by atoms with E-state index in [4.69, 9.17) is 9.47 Å². The van der Waals surface area contributed by atoms with Gasteiger partial charge in [0.15, 0.2) is 5.79 Å². The van der Waals surface area contributed by atoms with Gasteiger partial charge in [-0.1, -0.05) is 31.0 Å². The van der Waals surface area contributed by atoms with Gasteiger partial charge in [0.25, 0.3) is 0 Å². The zero-order valence-electron chi connectivity index (χ0n) is 20.8. The summed E-state index contributed by atoms with van der Waals surface area (Å²) in [7, 11) is 0. The molecule has 1 aromatic rings. The normalized spacial score (nSPS) is 24.1. The van der Waals surface area contributed by atoms with Crippen molar-refractivity contribution in [2.24, 2.45) is 0 Å². The molecule has 3 aliphatic heterocycles. The van der Waals surface area contributed by atoms with Crippen molar-refractivity contribution in [2.45, 2.75) is 42.9 Å². The second kappa shape index (κ2) is 10.9. The summed E-state index contributed by atoms with van der Waals surface area (Å²) in [5.74, 6) is -0.534. The largest absolute Gasteiger partial charge is 0.416 e. The fraction of sp³-hybridized carbons (Fsp3) is 0.538. The number of anilines is 1. The first-order chi connectivity index (χ1) is 17.0. The molecule has 36 heavy (non-hydrogen) atoms. The van der Waals surface area contributed by atoms with Gasteiger partial charge in [0.1, 0.15) is 0 Å². The number of rotatable bonds is 8. The third-order valence-electron chi connectivity index (χ3n) is 6.58. The molecular formula is C26H34F3N3O3S. The van der Waals surface area contributed by atoms with Crippen molar-refractivity contribution in [3.63, 3.8) is 0 Å². The summed E-state index contributed by atoms with van der Waals surface area (Å²) in [4.78, 5) is 7.73. The fourth-order valence-electron chi connectivity index (χ4n) is 4.84. The fourth-order valence-corrected chi connectivity index (χ4v) is 5.87. The smallest absolute Gasteiger partial charge is 0.390 e. The van der Waals surface area contributed by atoms with Crippen molar-refractivity contribution >= 4 is 17.4 Å². The lowest BCUT2D eigenvalue weighted by molar-refractivity contribution is -0.141. The number of halogens is 3. The van der Waals surface area contributed by atoms with Crippen molar-refractivity contribution < 1.29 is 27.8 Å². The minimum absolute atomic E-state index is 0.0546. The molecule has 0 bridgehead atoms. The lowest BCUT2D eigenvalue weighted by Crippen LogP contribution is -2.51. The Kier molecular flexibility index (Phi) is 8.23. The molecule has 0 aromatic heterocycles. The Bertz CT molecular complexity index is 1010. The Labute approximate surface area is 215 Å². The number of hydrogen-bond acceptors (Lipinski definition) is 7. The number of thioether (sulfide) groups is 1. The van der Waals surface area contributed by atoms with Crippen LogP contribution in [0, 0.1) is 0 Å². The third-order valence-corrected chi connectivity index (χ3v) is 7.74. The van der Waals surface area contributed by atoms with Crippen LogP contribution in [0.25, 0.3) is 0 Å². The quantitative estimate of drug-likeness (QED) is 0.542. The molecule has 4 rings (SSSR count). The maximum atomic E-state index is 13.4. The van der Waals surface area contributed by atoms with E-state index in [1.165, 1.54) is 17.8 Å². The summed E-state index contributed by atoms with van der Waals surface area (Å²) >= 11 is 1.35. The molecule has 6 nitrogen and oxygen atoms in total. The van der Waals surface area contributed by atoms with Gasteiger partial charge >= 0.3 is 6.18 Å². The van der Waals surface area contributed by atoms with Gasteiger partial charge in [0, 0.05) is 49.1 Å². The van der Waals surface area contributed by atoms with Crippen LogP contribution in [0.15, 0.2) is 59.0 Å². The zero-order valence-corrected chi connectivity index (χ0v) is 21.6. The van der Waals surface area contributed by atoms with Crippen LogP contribution >= 0.6 is 11.8 Å². The second-order valence-corrected chi connectivity index (χ2v) is 10.8. The van der Waals surface area contributed by atoms with E-state index in [0.717, 1.165) is 49.8 Å². The summed E-state index contributed by atoms with van der Waals surface area (Å²) < 4.78 is 51.8. The van der Waals surface area contributed by atoms with Crippen molar-refractivity contribution in [1.82, 2.24) is 9.80 Å². The van der Waals surface area contributed by atoms with Crippen LogP contribution in [0.1, 0.15) is 19.4 Å². The number of piperazine rings is 1. The molecule has 1 aromatic carbocycles. The van der Waals surface area contributed by atoms with Crippen LogP contribution < -0.4 is 4.90 Å². The zero-order chi connectivity index (χ0) is 26.1. The van der Waals surface area contributed by atoms with E-state index in [0.29, 0.717) is 29.4 Å². The van der Waals surface area contributed by atoms with Gasteiger partial charge in [-0.25, -0.2) is 0 Å². The molecule has 2 atom stereocenters. The summed E-state index contributed by atoms with van der Waals surface area (Å²) in [5.41, 5.74) is 0.344. The summed E-state index contributed by atoms with van der Waals surface area (Å²) in [6, 6.07) is 3.71. The highest BCUT2D eigenvalue weighted by Crippen LogP contribution is 2.46. The lowest BCUT2D eigenvalue weighted by atomic mass is 10.1. The third kappa shape index (κ3) is 6.35. The first kappa shape index (κ1) is 27.2. The molecule has 3 heterocycles. The van der Waals surface area contributed by atoms with E-state index in [-0.39, 0.29) is 12.6 Å². The number of β-amino-alcohol motifs (C(OH)–C–C–N with tert-alkyl or cyclic N) is 1. The average Bonchev–Trinajstić information content (AvgIpc) is 3.17. The number of fused-ring (bicyclic) bond motifs is 1. The number of allylic oxidation sites excluding steroid dienone is 2. The van der Waals surface area contributed by atoms with Crippen LogP contribution in [-0.2, 0) is 15.7 Å². The van der Waals surface area contributed by atoms with E-state index >= 15 is 0 Å². The average molecular weight is 526 g/mol. The highest BCUT2D eigenvalue weighted by atomic mass is 32.2. The SMILES string of the molecule is C=CC1=C(C=C)N(CC(O)CN2CCN(CC3COC(C)(C)O3)CC2)c2cc(C(F)(F)F)ccc2S1. The van der Waals surface area contributed by atoms with Crippen molar-refractivity contribution in [2.75, 3.05) is 57.3 Å². The van der Waals surface area contributed by atoms with Crippen LogP contribution in [0.5, 0.6) is 0 Å². The van der Waals surface area contributed by atoms with Crippen molar-refractivity contribution in [3.8, 4) is 0 Å². The number of nitrogens with zero attached hydrogens (tertiary/aromatic N) is 3. The topological polar surface area (TPSA) is 48.4 Å². The first-order valence-corrected chi connectivity index (χ1v) is 12.9. The number of ether oxygens (including phenoxy) is 2. The molecule has 2 saturated heterocycles. The molecule has 0 radical (unpaired) electrons. The number of aliphatic hydroxyl groups excluding tert-OH is 1. The predicted molar refractivity (Wildman–Crippen MR) is 136 cm³/mol. The van der Waals surface area contributed by atoms with Crippen LogP contribution in [0.4, 0.5) is 18.9 Å². The van der Waals surface area contributed by atoms with Crippen LogP contribution in [0.2, 0.25) is 0 Å². The monoisotopic (exact) mass is 525 g/mol. The first-order valence-electron chi connectivity index (χ1n) is 12.1. The molecule has 0 amide bonds. The minimum atomic E-state index is -4.45. The molecule has 3 aliphatic rings. The van der Waals surface area contributed by atoms with Crippen molar-refractivity contribution in [1.29, 1.82) is 0 Å². The Morgan fingerprint density at radius 2 is 1.83 bits per heavy atom. The lowest BCUT2D eigenvalue weighted by Gasteiger charge is -2.38. The van der Waals surface area contributed by atoms with Gasteiger partial charge in [-0.05, 0) is 38.1 Å². The maximum absolute atomic E-state index is 13.4. The summed E-state index contributed by atoms with van der Waals surface area (Å²) in [6.07, 6.45) is -1.89. The van der Waals surface area contributed by atoms with Gasteiger partial charge in [0.05, 0.1) is 42.3 Å². The van der Waals surface area contributed by atoms with Gasteiger partial charge in [-0.3, -0.25) is 9.80 Å². The van der Waals surface area contributed by atoms with Gasteiger partial charge in [-0.15, -0.1) is 0 Å². The molecule has 0 saturated carbocycles. The molecule has 2 unspecified atom stereocenters. The number of hydrogen-bond donors (Lipinski definition) is 1. The standard InChI is InChI=1S/C26H34F3N3O3S/c1-5-21-23(6-2)36-24-8-7-18(26(27,28)29)13-22(24)32(21)15-19(33)14-30-9-11-31(12-10-30)16-20-17-34-25(3,4)35-20/h5-8,13,19-20,33H,1-2,9-12,14-17H2,3-4H3. The van der Waals surface area contributed by atoms with Gasteiger partial charge in [-0.2, -0.15) is 13.2 Å². The molecule has 0 aliphatic carbocycles. The van der Waals surface area contributed by atoms with E-state index in [1.807, 2.05) is 13.8 Å². The highest BCUT2D eigenvalue weighted by molar-refractivity contribution is 8.03. The minimum Gasteiger partial charge on any atom is -0.390 e. The van der Waals surface area contributed by atoms with E-state index in [2.05, 4.69) is 23.0 Å². The second-order valence-electron chi connectivity index (χ2n) is 9.76. The number of aliphatic hydroxyl groups is 1. The van der Waals surface area contributed by atoms with Crippen molar-refractivity contribution in [3.05, 3.63) is 59.7 Å². The molecule has 10 heteroatoms. The summed E-state index contributed by atoms with van der Waals surface area (Å²) in [6.45, 7) is 16.8. The molecule has 2 fully saturated rings. The summed E-state index contributed by atoms with van der Waals surface area (Å²) in [5, 5.41) is 11.0.